The van der Waals surface area contributed by atoms with Crippen LogP contribution in [0.2, 0.25) is 0 Å². The van der Waals surface area contributed by atoms with Crippen LogP contribution in [0.5, 0.6) is 0 Å². The van der Waals surface area contributed by atoms with Crippen LogP contribution in [0, 0.1) is 0 Å². The number of nitrogens with one attached hydrogen (secondary N) is 1. The number of nitrogens with zero attached hydrogens (tertiary/aromatic N) is 4. The first kappa shape index (κ1) is 17.1. The first-order chi connectivity index (χ1) is 12.8. The molecule has 3 heterocycles. The summed E-state index contributed by atoms with van der Waals surface area (Å²) in [4.78, 5) is 13.1. The minimum atomic E-state index is 0.348. The molecule has 26 heavy (non-hydrogen) atoms. The van der Waals surface area contributed by atoms with E-state index in [1.165, 1.54) is 37.2 Å². The highest BCUT2D eigenvalue weighted by molar-refractivity contribution is 5.49. The van der Waals surface area contributed by atoms with Crippen LogP contribution in [0.1, 0.15) is 31.2 Å². The van der Waals surface area contributed by atoms with Crippen LogP contribution in [0.15, 0.2) is 36.5 Å². The Morgan fingerprint density at radius 3 is 2.62 bits per heavy atom. The van der Waals surface area contributed by atoms with Gasteiger partial charge < -0.3 is 20.9 Å². The second-order valence-corrected chi connectivity index (χ2v) is 7.28. The van der Waals surface area contributed by atoms with Crippen LogP contribution in [0.3, 0.4) is 0 Å². The average Bonchev–Trinajstić information content (AvgIpc) is 3.22. The second kappa shape index (κ2) is 7.91. The maximum atomic E-state index is 5.70. The Balaban J connectivity index is 1.28. The molecule has 3 N–H and O–H groups in total. The van der Waals surface area contributed by atoms with Gasteiger partial charge in [-0.25, -0.2) is 4.98 Å². The Bertz CT molecular complexity index is 720. The minimum absolute atomic E-state index is 0.348. The topological polar surface area (TPSA) is 70.3 Å². The SMILES string of the molecule is Nc1nccc(N2CCC(NCc3cccc(N4CCCC4)c3)CC2)n1. The molecule has 0 atom stereocenters. The molecule has 0 aliphatic carbocycles. The van der Waals surface area contributed by atoms with Crippen LogP contribution >= 0.6 is 0 Å². The predicted octanol–water partition coefficient (Wildman–Crippen LogP) is 2.42. The molecule has 138 valence electrons. The quantitative estimate of drug-likeness (QED) is 0.861. The van der Waals surface area contributed by atoms with E-state index >= 15 is 0 Å². The first-order valence-electron chi connectivity index (χ1n) is 9.69. The van der Waals surface area contributed by atoms with Crippen molar-refractivity contribution >= 4 is 17.5 Å². The molecule has 2 saturated heterocycles. The van der Waals surface area contributed by atoms with Crippen molar-refractivity contribution in [3.63, 3.8) is 0 Å². The fourth-order valence-corrected chi connectivity index (χ4v) is 3.95. The van der Waals surface area contributed by atoms with Gasteiger partial charge in [-0.05, 0) is 49.4 Å². The van der Waals surface area contributed by atoms with Crippen molar-refractivity contribution in [2.45, 2.75) is 38.3 Å². The summed E-state index contributed by atoms with van der Waals surface area (Å²) in [5.74, 6) is 1.29. The molecule has 0 spiro atoms. The molecule has 6 heteroatoms. The molecule has 0 saturated carbocycles. The van der Waals surface area contributed by atoms with Crippen molar-refractivity contribution in [1.82, 2.24) is 15.3 Å². The molecule has 0 amide bonds. The smallest absolute Gasteiger partial charge is 0.221 e. The fraction of sp³-hybridized carbons (Fsp3) is 0.500. The van der Waals surface area contributed by atoms with Crippen molar-refractivity contribution in [3.8, 4) is 0 Å². The van der Waals surface area contributed by atoms with Crippen molar-refractivity contribution in [3.05, 3.63) is 42.1 Å². The summed E-state index contributed by atoms with van der Waals surface area (Å²) in [6.07, 6.45) is 6.61. The van der Waals surface area contributed by atoms with Crippen molar-refractivity contribution in [1.29, 1.82) is 0 Å². The molecule has 2 fully saturated rings. The van der Waals surface area contributed by atoms with Gasteiger partial charge in [0.2, 0.25) is 5.95 Å². The van der Waals surface area contributed by atoms with E-state index in [1.807, 2.05) is 6.07 Å². The summed E-state index contributed by atoms with van der Waals surface area (Å²) < 4.78 is 0. The molecule has 4 rings (SSSR count). The van der Waals surface area contributed by atoms with E-state index in [4.69, 9.17) is 5.73 Å². The monoisotopic (exact) mass is 352 g/mol. The van der Waals surface area contributed by atoms with E-state index in [0.717, 1.165) is 38.3 Å². The molecule has 0 radical (unpaired) electrons. The molecule has 2 aliphatic rings. The lowest BCUT2D eigenvalue weighted by atomic mass is 10.0. The van der Waals surface area contributed by atoms with Crippen LogP contribution in [0.4, 0.5) is 17.5 Å². The van der Waals surface area contributed by atoms with Gasteiger partial charge in [0.25, 0.3) is 0 Å². The molecular formula is C20H28N6. The molecule has 0 unspecified atom stereocenters. The van der Waals surface area contributed by atoms with Crippen LogP contribution in [-0.4, -0.2) is 42.2 Å². The number of rotatable bonds is 5. The summed E-state index contributed by atoms with van der Waals surface area (Å²) >= 11 is 0. The summed E-state index contributed by atoms with van der Waals surface area (Å²) in [5, 5.41) is 3.74. The molecule has 6 nitrogen and oxygen atoms in total. The molecule has 1 aromatic heterocycles. The van der Waals surface area contributed by atoms with Crippen LogP contribution in [0.25, 0.3) is 0 Å². The summed E-state index contributed by atoms with van der Waals surface area (Å²) in [6, 6.07) is 11.5. The number of aromatic nitrogens is 2. The first-order valence-corrected chi connectivity index (χ1v) is 9.69. The largest absolute Gasteiger partial charge is 0.372 e. The van der Waals surface area contributed by atoms with E-state index in [2.05, 4.69) is 49.4 Å². The average molecular weight is 352 g/mol. The zero-order valence-electron chi connectivity index (χ0n) is 15.3. The Labute approximate surface area is 155 Å². The third kappa shape index (κ3) is 4.07. The lowest BCUT2D eigenvalue weighted by Crippen LogP contribution is -2.42. The van der Waals surface area contributed by atoms with E-state index in [9.17, 15) is 0 Å². The lowest BCUT2D eigenvalue weighted by molar-refractivity contribution is 0.413. The maximum absolute atomic E-state index is 5.70. The Morgan fingerprint density at radius 2 is 1.85 bits per heavy atom. The molecule has 2 aromatic rings. The minimum Gasteiger partial charge on any atom is -0.372 e. The third-order valence-electron chi connectivity index (χ3n) is 5.46. The van der Waals surface area contributed by atoms with Gasteiger partial charge in [-0.1, -0.05) is 12.1 Å². The molecular weight excluding hydrogens is 324 g/mol. The third-order valence-corrected chi connectivity index (χ3v) is 5.46. The Hall–Kier alpha value is -2.34. The van der Waals surface area contributed by atoms with Gasteiger partial charge in [-0.15, -0.1) is 0 Å². The van der Waals surface area contributed by atoms with Gasteiger partial charge in [-0.3, -0.25) is 0 Å². The molecule has 0 bridgehead atoms. The van der Waals surface area contributed by atoms with E-state index in [-0.39, 0.29) is 0 Å². The lowest BCUT2D eigenvalue weighted by Gasteiger charge is -2.33. The highest BCUT2D eigenvalue weighted by Gasteiger charge is 2.20. The van der Waals surface area contributed by atoms with E-state index < -0.39 is 0 Å². The summed E-state index contributed by atoms with van der Waals surface area (Å²) in [6.45, 7) is 5.34. The van der Waals surface area contributed by atoms with Gasteiger partial charge in [0.1, 0.15) is 5.82 Å². The van der Waals surface area contributed by atoms with Crippen molar-refractivity contribution < 1.29 is 0 Å². The van der Waals surface area contributed by atoms with Gasteiger partial charge in [-0.2, -0.15) is 4.98 Å². The standard InChI is InChI=1S/C20H28N6/c21-20-22-9-6-19(24-20)26-12-7-17(8-13-26)23-15-16-4-3-5-18(14-16)25-10-1-2-11-25/h3-6,9,14,17,23H,1-2,7-8,10-13,15H2,(H2,21,22,24). The fourth-order valence-electron chi connectivity index (χ4n) is 3.95. The number of hydrogen-bond donors (Lipinski definition) is 2. The van der Waals surface area contributed by atoms with Gasteiger partial charge in [0, 0.05) is 50.6 Å². The van der Waals surface area contributed by atoms with Gasteiger partial charge in [0.05, 0.1) is 0 Å². The number of nitrogens with two attached hydrogens (primary N) is 1. The highest BCUT2D eigenvalue weighted by Crippen LogP contribution is 2.22. The van der Waals surface area contributed by atoms with E-state index in [1.54, 1.807) is 6.20 Å². The second-order valence-electron chi connectivity index (χ2n) is 7.28. The van der Waals surface area contributed by atoms with Crippen LogP contribution in [-0.2, 0) is 6.54 Å². The Morgan fingerprint density at radius 1 is 1.04 bits per heavy atom. The summed E-state index contributed by atoms with van der Waals surface area (Å²) in [5.41, 5.74) is 8.45. The number of anilines is 3. The maximum Gasteiger partial charge on any atom is 0.221 e. The zero-order valence-corrected chi connectivity index (χ0v) is 15.3. The van der Waals surface area contributed by atoms with Gasteiger partial charge >= 0.3 is 0 Å². The predicted molar refractivity (Wildman–Crippen MR) is 106 cm³/mol. The summed E-state index contributed by atoms with van der Waals surface area (Å²) in [7, 11) is 0. The molecule has 2 aliphatic heterocycles. The van der Waals surface area contributed by atoms with Gasteiger partial charge in [0.15, 0.2) is 0 Å². The van der Waals surface area contributed by atoms with E-state index in [0.29, 0.717) is 12.0 Å². The normalized spacial score (nSPS) is 18.5. The molecule has 1 aromatic carbocycles. The van der Waals surface area contributed by atoms with Crippen molar-refractivity contribution in [2.24, 2.45) is 0 Å². The number of hydrogen-bond acceptors (Lipinski definition) is 6. The number of nitrogen functional groups attached to an aromatic ring is 1. The highest BCUT2D eigenvalue weighted by atomic mass is 15.2. The number of piperidine rings is 1. The zero-order chi connectivity index (χ0) is 17.8. The van der Waals surface area contributed by atoms with Crippen molar-refractivity contribution in [2.75, 3.05) is 41.7 Å². The number of benzene rings is 1. The Kier molecular flexibility index (Phi) is 5.20. The van der Waals surface area contributed by atoms with Crippen LogP contribution < -0.4 is 20.9 Å².